The van der Waals surface area contributed by atoms with E-state index in [1.165, 1.54) is 0 Å². The van der Waals surface area contributed by atoms with Gasteiger partial charge in [-0.1, -0.05) is 35.5 Å². The third kappa shape index (κ3) is 5.43. The van der Waals surface area contributed by atoms with Crippen molar-refractivity contribution in [3.05, 3.63) is 59.8 Å². The van der Waals surface area contributed by atoms with Crippen LogP contribution in [0.3, 0.4) is 0 Å². The zero-order valence-electron chi connectivity index (χ0n) is 20.6. The number of ether oxygens (including phenoxy) is 2. The fourth-order valence-corrected chi connectivity index (χ4v) is 4.94. The summed E-state index contributed by atoms with van der Waals surface area (Å²) in [5, 5.41) is 3.94. The summed E-state index contributed by atoms with van der Waals surface area (Å²) in [5.41, 5.74) is 3.70. The summed E-state index contributed by atoms with van der Waals surface area (Å²) in [7, 11) is -0.459. The quantitative estimate of drug-likeness (QED) is 0.288. The molecule has 184 valence electrons. The van der Waals surface area contributed by atoms with E-state index in [1.54, 1.807) is 39.2 Å². The maximum atomic E-state index is 13.9. The lowest BCUT2D eigenvalue weighted by Crippen LogP contribution is -2.34. The minimum absolute atomic E-state index is 0.138. The Morgan fingerprint density at radius 1 is 1.03 bits per heavy atom. The van der Waals surface area contributed by atoms with E-state index in [-0.39, 0.29) is 24.1 Å². The van der Waals surface area contributed by atoms with Crippen molar-refractivity contribution < 1.29 is 22.4 Å². The second-order valence-corrected chi connectivity index (χ2v) is 10.2. The highest BCUT2D eigenvalue weighted by atomic mass is 32.2. The molecule has 0 N–H and O–H groups in total. The van der Waals surface area contributed by atoms with Crippen LogP contribution in [0.1, 0.15) is 25.1 Å². The number of aryl methyl sites for hydroxylation is 1. The molecule has 3 aromatic rings. The maximum absolute atomic E-state index is 13.9. The predicted octanol–water partition coefficient (Wildman–Crippen LogP) is 4.62. The molecule has 0 bridgehead atoms. The third-order valence-electron chi connectivity index (χ3n) is 5.81. The van der Waals surface area contributed by atoms with Gasteiger partial charge in [-0.25, -0.2) is 12.7 Å². The number of nitrogens with zero attached hydrogens (tertiary/aromatic N) is 3. The highest BCUT2D eigenvalue weighted by Crippen LogP contribution is 2.34. The van der Waals surface area contributed by atoms with Gasteiger partial charge in [0.05, 0.1) is 23.8 Å². The summed E-state index contributed by atoms with van der Waals surface area (Å²) >= 11 is 0. The van der Waals surface area contributed by atoms with E-state index in [1.807, 2.05) is 37.4 Å². The Morgan fingerprint density at radius 2 is 1.71 bits per heavy atom. The second kappa shape index (κ2) is 11.0. The third-order valence-corrected chi connectivity index (χ3v) is 7.58. The van der Waals surface area contributed by atoms with E-state index in [4.69, 9.17) is 14.0 Å². The van der Waals surface area contributed by atoms with Crippen molar-refractivity contribution in [1.82, 2.24) is 5.16 Å². The van der Waals surface area contributed by atoms with E-state index >= 15 is 0 Å². The van der Waals surface area contributed by atoms with Crippen LogP contribution in [0.15, 0.2) is 57.9 Å². The molecule has 0 atom stereocenters. The van der Waals surface area contributed by atoms with Gasteiger partial charge in [0.2, 0.25) is 5.88 Å². The van der Waals surface area contributed by atoms with E-state index < -0.39 is 10.0 Å². The van der Waals surface area contributed by atoms with Crippen LogP contribution in [0.25, 0.3) is 11.1 Å². The largest absolute Gasteiger partial charge is 0.382 e. The Balaban J connectivity index is 2.03. The van der Waals surface area contributed by atoms with Crippen LogP contribution in [0.4, 0.5) is 11.6 Å². The monoisotopic (exact) mass is 487 g/mol. The molecule has 3 rings (SSSR count). The Kier molecular flexibility index (Phi) is 8.35. The molecule has 0 fully saturated rings. The number of anilines is 2. The molecule has 0 amide bonds. The normalized spacial score (nSPS) is 11.7. The first kappa shape index (κ1) is 25.7. The lowest BCUT2D eigenvalue weighted by molar-refractivity contribution is 0.0744. The van der Waals surface area contributed by atoms with E-state index in [2.05, 4.69) is 23.9 Å². The van der Waals surface area contributed by atoms with Crippen LogP contribution in [-0.4, -0.2) is 53.7 Å². The standard InChI is InChI=1S/C25H33N3O5S/c1-18(2)27(5)22-13-11-21(12-14-22)23-9-7-8-10-24(23)34(29,30)28(17-32-16-15-31-6)25-19(3)20(4)26-33-25/h7-14,18H,15-17H2,1-6H3. The van der Waals surface area contributed by atoms with Crippen LogP contribution in [0, 0.1) is 13.8 Å². The molecule has 34 heavy (non-hydrogen) atoms. The van der Waals surface area contributed by atoms with Crippen LogP contribution in [0.5, 0.6) is 0 Å². The lowest BCUT2D eigenvalue weighted by Gasteiger charge is -2.25. The van der Waals surface area contributed by atoms with Crippen molar-refractivity contribution in [3.8, 4) is 11.1 Å². The predicted molar refractivity (Wildman–Crippen MR) is 134 cm³/mol. The molecule has 0 radical (unpaired) electrons. The fraction of sp³-hybridized carbons (Fsp3) is 0.400. The Labute approximate surface area is 202 Å². The highest BCUT2D eigenvalue weighted by molar-refractivity contribution is 7.93. The molecule has 0 aliphatic carbocycles. The van der Waals surface area contributed by atoms with Gasteiger partial charge in [-0.15, -0.1) is 0 Å². The van der Waals surface area contributed by atoms with Crippen LogP contribution < -0.4 is 9.21 Å². The molecular weight excluding hydrogens is 454 g/mol. The summed E-state index contributed by atoms with van der Waals surface area (Å²) in [6.07, 6.45) is 0. The zero-order chi connectivity index (χ0) is 24.9. The second-order valence-electron chi connectivity index (χ2n) is 8.33. The van der Waals surface area contributed by atoms with Crippen LogP contribution in [-0.2, 0) is 19.5 Å². The maximum Gasteiger partial charge on any atom is 0.269 e. The van der Waals surface area contributed by atoms with Crippen molar-refractivity contribution in [3.63, 3.8) is 0 Å². The van der Waals surface area contributed by atoms with Gasteiger partial charge >= 0.3 is 0 Å². The number of hydrogen-bond donors (Lipinski definition) is 0. The number of sulfonamides is 1. The van der Waals surface area contributed by atoms with Crippen LogP contribution in [0.2, 0.25) is 0 Å². The van der Waals surface area contributed by atoms with Gasteiger partial charge in [-0.3, -0.25) is 0 Å². The first-order chi connectivity index (χ1) is 16.2. The van der Waals surface area contributed by atoms with Gasteiger partial charge in [0.15, 0.2) is 0 Å². The first-order valence-corrected chi connectivity index (χ1v) is 12.6. The summed E-state index contributed by atoms with van der Waals surface area (Å²) in [6, 6.07) is 15.1. The minimum Gasteiger partial charge on any atom is -0.382 e. The summed E-state index contributed by atoms with van der Waals surface area (Å²) in [4.78, 5) is 2.31. The minimum atomic E-state index is -4.05. The van der Waals surface area contributed by atoms with Crippen molar-refractivity contribution >= 4 is 21.6 Å². The van der Waals surface area contributed by atoms with Crippen molar-refractivity contribution in [2.45, 2.75) is 38.6 Å². The summed E-state index contributed by atoms with van der Waals surface area (Å²) in [6.45, 7) is 8.13. The molecule has 0 aliphatic heterocycles. The molecule has 0 aliphatic rings. The summed E-state index contributed by atoms with van der Waals surface area (Å²) in [5.74, 6) is 0.138. The molecular formula is C25H33N3O5S. The van der Waals surface area contributed by atoms with E-state index in [0.29, 0.717) is 29.5 Å². The number of benzene rings is 2. The molecule has 0 saturated carbocycles. The number of rotatable bonds is 11. The van der Waals surface area contributed by atoms with E-state index in [0.717, 1.165) is 15.6 Å². The van der Waals surface area contributed by atoms with Gasteiger partial charge in [-0.05, 0) is 51.5 Å². The topological polar surface area (TPSA) is 85.1 Å². The van der Waals surface area contributed by atoms with Crippen molar-refractivity contribution in [1.29, 1.82) is 0 Å². The lowest BCUT2D eigenvalue weighted by atomic mass is 10.1. The average molecular weight is 488 g/mol. The molecule has 0 spiro atoms. The molecule has 8 nitrogen and oxygen atoms in total. The Morgan fingerprint density at radius 3 is 2.29 bits per heavy atom. The Bertz CT molecular complexity index is 1190. The SMILES string of the molecule is COCCOCN(c1onc(C)c1C)S(=O)(=O)c1ccccc1-c1ccc(N(C)C(C)C)cc1. The average Bonchev–Trinajstić information content (AvgIpc) is 3.16. The van der Waals surface area contributed by atoms with Gasteiger partial charge in [0.25, 0.3) is 10.0 Å². The van der Waals surface area contributed by atoms with Gasteiger partial charge in [-0.2, -0.15) is 0 Å². The molecule has 0 saturated heterocycles. The zero-order valence-corrected chi connectivity index (χ0v) is 21.4. The molecule has 9 heteroatoms. The van der Waals surface area contributed by atoms with Crippen molar-refractivity contribution in [2.75, 3.05) is 43.3 Å². The first-order valence-electron chi connectivity index (χ1n) is 11.1. The summed E-state index contributed by atoms with van der Waals surface area (Å²) < 4.78 is 45.0. The number of hydrogen-bond acceptors (Lipinski definition) is 7. The van der Waals surface area contributed by atoms with Crippen molar-refractivity contribution in [2.24, 2.45) is 0 Å². The Hall–Kier alpha value is -2.88. The van der Waals surface area contributed by atoms with Crippen LogP contribution >= 0.6 is 0 Å². The number of methoxy groups -OCH3 is 1. The van der Waals surface area contributed by atoms with Gasteiger partial charge in [0.1, 0.15) is 6.73 Å². The number of aromatic nitrogens is 1. The van der Waals surface area contributed by atoms with Gasteiger partial charge in [0, 0.05) is 37.0 Å². The van der Waals surface area contributed by atoms with Gasteiger partial charge < -0.3 is 18.9 Å². The molecule has 2 aromatic carbocycles. The van der Waals surface area contributed by atoms with E-state index in [9.17, 15) is 8.42 Å². The fourth-order valence-electron chi connectivity index (χ4n) is 3.39. The smallest absolute Gasteiger partial charge is 0.269 e. The molecule has 1 aromatic heterocycles. The highest BCUT2D eigenvalue weighted by Gasteiger charge is 2.32. The molecule has 0 unspecified atom stereocenters. The molecule has 1 heterocycles.